The Balaban J connectivity index is 2.92. The minimum Gasteiger partial charge on any atom is -0.329 e. The summed E-state index contributed by atoms with van der Waals surface area (Å²) in [6.07, 6.45) is 0. The van der Waals surface area contributed by atoms with Crippen LogP contribution < -0.4 is 5.73 Å². The van der Waals surface area contributed by atoms with Crippen molar-refractivity contribution in [2.75, 3.05) is 33.4 Å². The zero-order chi connectivity index (χ0) is 6.41. The van der Waals surface area contributed by atoms with Crippen molar-refractivity contribution < 1.29 is 4.39 Å². The first-order valence-electron chi connectivity index (χ1n) is 2.76. The number of rotatable bonds is 4. The van der Waals surface area contributed by atoms with Gasteiger partial charge in [0.25, 0.3) is 0 Å². The lowest BCUT2D eigenvalue weighted by molar-refractivity contribution is 0.302. The topological polar surface area (TPSA) is 29.3 Å². The highest BCUT2D eigenvalue weighted by Gasteiger charge is 1.92. The molecule has 0 aromatic carbocycles. The van der Waals surface area contributed by atoms with Crippen molar-refractivity contribution in [1.29, 1.82) is 0 Å². The normalized spacial score (nSPS) is 10.5. The van der Waals surface area contributed by atoms with Gasteiger partial charge in [0.2, 0.25) is 0 Å². The molecule has 2 N–H and O–H groups in total. The van der Waals surface area contributed by atoms with Crippen molar-refractivity contribution in [1.82, 2.24) is 4.90 Å². The first kappa shape index (κ1) is 7.85. The van der Waals surface area contributed by atoms with E-state index in [1.807, 2.05) is 11.9 Å². The third-order valence-electron chi connectivity index (χ3n) is 0.977. The third-order valence-corrected chi connectivity index (χ3v) is 0.977. The summed E-state index contributed by atoms with van der Waals surface area (Å²) in [4.78, 5) is 1.86. The van der Waals surface area contributed by atoms with Gasteiger partial charge in [-0.15, -0.1) is 0 Å². The molecule has 0 saturated carbocycles. The Labute approximate surface area is 49.5 Å². The minimum absolute atomic E-state index is 0.281. The van der Waals surface area contributed by atoms with Gasteiger partial charge in [-0.05, 0) is 7.05 Å². The van der Waals surface area contributed by atoms with E-state index in [0.29, 0.717) is 13.1 Å². The highest BCUT2D eigenvalue weighted by Crippen LogP contribution is 1.78. The van der Waals surface area contributed by atoms with Crippen LogP contribution in [0.25, 0.3) is 0 Å². The van der Waals surface area contributed by atoms with E-state index in [9.17, 15) is 4.39 Å². The fraction of sp³-hybridized carbons (Fsp3) is 1.00. The van der Waals surface area contributed by atoms with Gasteiger partial charge in [0, 0.05) is 19.6 Å². The van der Waals surface area contributed by atoms with Crippen molar-refractivity contribution >= 4 is 0 Å². The quantitative estimate of drug-likeness (QED) is 0.559. The maximum atomic E-state index is 11.5. The molecule has 0 aliphatic carbocycles. The van der Waals surface area contributed by atoms with Crippen molar-refractivity contribution in [2.24, 2.45) is 5.73 Å². The first-order valence-corrected chi connectivity index (χ1v) is 2.76. The summed E-state index contributed by atoms with van der Waals surface area (Å²) in [6, 6.07) is 0. The number of nitrogens with two attached hydrogens (primary N) is 1. The van der Waals surface area contributed by atoms with Gasteiger partial charge in [0.05, 0.1) is 0 Å². The molecule has 0 aromatic rings. The van der Waals surface area contributed by atoms with Crippen LogP contribution in [0, 0.1) is 0 Å². The molecule has 0 saturated heterocycles. The second kappa shape index (κ2) is 5.00. The zero-order valence-corrected chi connectivity index (χ0v) is 5.23. The van der Waals surface area contributed by atoms with E-state index < -0.39 is 0 Å². The van der Waals surface area contributed by atoms with Gasteiger partial charge >= 0.3 is 0 Å². The van der Waals surface area contributed by atoms with Crippen molar-refractivity contribution in [2.45, 2.75) is 0 Å². The molecule has 0 radical (unpaired) electrons. The zero-order valence-electron chi connectivity index (χ0n) is 5.23. The molecule has 0 amide bonds. The summed E-state index contributed by atoms with van der Waals surface area (Å²) >= 11 is 0. The van der Waals surface area contributed by atoms with Crippen LogP contribution in [-0.4, -0.2) is 38.3 Å². The van der Waals surface area contributed by atoms with E-state index in [2.05, 4.69) is 0 Å². The van der Waals surface area contributed by atoms with Crippen LogP contribution in [0.5, 0.6) is 0 Å². The van der Waals surface area contributed by atoms with Crippen LogP contribution in [0.4, 0.5) is 4.39 Å². The average molecular weight is 120 g/mol. The Morgan fingerprint density at radius 3 is 2.50 bits per heavy atom. The minimum atomic E-state index is -0.281. The molecule has 0 unspecified atom stereocenters. The van der Waals surface area contributed by atoms with Gasteiger partial charge in [-0.2, -0.15) is 0 Å². The Hall–Kier alpha value is -0.150. The Bertz CT molecular complexity index is 43.7. The molecule has 0 spiro atoms. The van der Waals surface area contributed by atoms with E-state index in [1.54, 1.807) is 0 Å². The number of alkyl halides is 1. The molecule has 0 aromatic heterocycles. The predicted octanol–water partition coefficient (Wildman–Crippen LogP) is -0.154. The lowest BCUT2D eigenvalue weighted by atomic mass is 10.5. The van der Waals surface area contributed by atoms with Gasteiger partial charge in [0.15, 0.2) is 0 Å². The van der Waals surface area contributed by atoms with Gasteiger partial charge in [-0.3, -0.25) is 0 Å². The van der Waals surface area contributed by atoms with Gasteiger partial charge in [-0.25, -0.2) is 4.39 Å². The monoisotopic (exact) mass is 120 g/mol. The molecule has 50 valence electrons. The molecule has 0 bridgehead atoms. The molecule has 2 nitrogen and oxygen atoms in total. The second-order valence-corrected chi connectivity index (χ2v) is 1.78. The molecular weight excluding hydrogens is 107 g/mol. The Morgan fingerprint density at radius 1 is 1.50 bits per heavy atom. The van der Waals surface area contributed by atoms with Crippen LogP contribution in [0.15, 0.2) is 0 Å². The van der Waals surface area contributed by atoms with E-state index >= 15 is 0 Å². The predicted molar refractivity (Wildman–Crippen MR) is 32.5 cm³/mol. The average Bonchev–Trinajstić information content (AvgIpc) is 1.68. The fourth-order valence-electron chi connectivity index (χ4n) is 0.476. The van der Waals surface area contributed by atoms with Crippen LogP contribution in [0.1, 0.15) is 0 Å². The van der Waals surface area contributed by atoms with Crippen molar-refractivity contribution in [3.05, 3.63) is 0 Å². The van der Waals surface area contributed by atoms with E-state index in [0.717, 1.165) is 6.54 Å². The molecule has 0 aliphatic rings. The maximum Gasteiger partial charge on any atom is 0.102 e. The van der Waals surface area contributed by atoms with E-state index in [4.69, 9.17) is 5.73 Å². The molecule has 0 rings (SSSR count). The van der Waals surface area contributed by atoms with Crippen LogP contribution >= 0.6 is 0 Å². The number of hydrogen-bond acceptors (Lipinski definition) is 2. The summed E-state index contributed by atoms with van der Waals surface area (Å²) in [5, 5.41) is 0. The molecule has 0 atom stereocenters. The second-order valence-electron chi connectivity index (χ2n) is 1.78. The van der Waals surface area contributed by atoms with Crippen LogP contribution in [-0.2, 0) is 0 Å². The molecule has 0 heterocycles. The molecule has 8 heavy (non-hydrogen) atoms. The van der Waals surface area contributed by atoms with Crippen LogP contribution in [0.2, 0.25) is 0 Å². The molecule has 0 fully saturated rings. The number of likely N-dealkylation sites (N-methyl/N-ethyl adjacent to an activating group) is 1. The molecular formula is C5H13FN2. The van der Waals surface area contributed by atoms with Gasteiger partial charge < -0.3 is 10.6 Å². The van der Waals surface area contributed by atoms with E-state index in [1.165, 1.54) is 0 Å². The smallest absolute Gasteiger partial charge is 0.102 e. The highest BCUT2D eigenvalue weighted by atomic mass is 19.1. The van der Waals surface area contributed by atoms with Crippen molar-refractivity contribution in [3.8, 4) is 0 Å². The summed E-state index contributed by atoms with van der Waals surface area (Å²) in [6.45, 7) is 1.61. The third kappa shape index (κ3) is 4.02. The lowest BCUT2D eigenvalue weighted by Crippen LogP contribution is -2.27. The maximum absolute atomic E-state index is 11.5. The van der Waals surface area contributed by atoms with Crippen molar-refractivity contribution in [3.63, 3.8) is 0 Å². The fourth-order valence-corrected chi connectivity index (χ4v) is 0.476. The van der Waals surface area contributed by atoms with Gasteiger partial charge in [0.1, 0.15) is 6.67 Å². The number of halogens is 1. The number of nitrogens with zero attached hydrogens (tertiary/aromatic N) is 1. The molecule has 0 aliphatic heterocycles. The first-order chi connectivity index (χ1) is 3.81. The standard InChI is InChI=1S/C5H13FN2/c1-8(4-2-6)5-3-7/h2-5,7H2,1H3. The summed E-state index contributed by atoms with van der Waals surface area (Å²) in [5.74, 6) is 0. The van der Waals surface area contributed by atoms with E-state index in [-0.39, 0.29) is 6.67 Å². The highest BCUT2D eigenvalue weighted by molar-refractivity contribution is 4.48. The lowest BCUT2D eigenvalue weighted by Gasteiger charge is -2.11. The summed E-state index contributed by atoms with van der Waals surface area (Å²) < 4.78 is 11.5. The summed E-state index contributed by atoms with van der Waals surface area (Å²) in [5.41, 5.74) is 5.20. The largest absolute Gasteiger partial charge is 0.329 e. The SMILES string of the molecule is CN(CCN)CCF. The van der Waals surface area contributed by atoms with Gasteiger partial charge in [-0.1, -0.05) is 0 Å². The Kier molecular flexibility index (Phi) is 4.90. The summed E-state index contributed by atoms with van der Waals surface area (Å²) in [7, 11) is 1.85. The molecule has 3 heteroatoms. The van der Waals surface area contributed by atoms with Crippen LogP contribution in [0.3, 0.4) is 0 Å². The number of hydrogen-bond donors (Lipinski definition) is 1. The Morgan fingerprint density at radius 2 is 2.12 bits per heavy atom.